The second-order valence-electron chi connectivity index (χ2n) is 7.87. The number of nitro benzene ring substituents is 1. The highest BCUT2D eigenvalue weighted by molar-refractivity contribution is 7.44. The Labute approximate surface area is 197 Å². The average Bonchev–Trinajstić information content (AvgIpc) is 2.73. The molecule has 180 valence electrons. The fraction of sp³-hybridized carbons (Fsp3) is 0.682. The minimum Gasteiger partial charge on any atom is -0.375 e. The Bertz CT molecular complexity index is 709. The van der Waals surface area contributed by atoms with Crippen LogP contribution in [0, 0.1) is 21.4 Å². The Morgan fingerprint density at radius 2 is 1.81 bits per heavy atom. The van der Waals surface area contributed by atoms with Gasteiger partial charge in [0.2, 0.25) is 0 Å². The van der Waals surface area contributed by atoms with Gasteiger partial charge in [0.1, 0.15) is 0 Å². The summed E-state index contributed by atoms with van der Waals surface area (Å²) in [5, 5.41) is 19.6. The molecule has 0 N–H and O–H groups in total. The van der Waals surface area contributed by atoms with Crippen LogP contribution in [0.4, 0.5) is 5.69 Å². The van der Waals surface area contributed by atoms with Crippen molar-refractivity contribution in [3.05, 3.63) is 39.9 Å². The van der Waals surface area contributed by atoms with Crippen LogP contribution in [0.15, 0.2) is 24.3 Å². The highest BCUT2D eigenvalue weighted by Crippen LogP contribution is 2.46. The zero-order valence-corrected chi connectivity index (χ0v) is 21.1. The summed E-state index contributed by atoms with van der Waals surface area (Å²) in [6.07, 6.45) is 2.80. The second kappa shape index (κ2) is 16.3. The molecular formula is C22H35ClN3O5P. The highest BCUT2D eigenvalue weighted by atomic mass is 35.5. The third-order valence-corrected chi connectivity index (χ3v) is 6.97. The first-order valence-corrected chi connectivity index (χ1v) is 12.5. The Morgan fingerprint density at radius 3 is 2.44 bits per heavy atom. The average molecular weight is 488 g/mol. The zero-order chi connectivity index (χ0) is 23.9. The lowest BCUT2D eigenvalue weighted by molar-refractivity contribution is -0.385. The second-order valence-corrected chi connectivity index (χ2v) is 9.95. The molecule has 1 aromatic rings. The summed E-state index contributed by atoms with van der Waals surface area (Å²) in [5.41, 5.74) is 0.598. The Morgan fingerprint density at radius 1 is 1.16 bits per heavy atom. The Hall–Kier alpha value is -1.33. The van der Waals surface area contributed by atoms with Crippen LogP contribution < -0.4 is 0 Å². The quantitative estimate of drug-likeness (QED) is 0.0850. The third kappa shape index (κ3) is 11.0. The molecule has 0 amide bonds. The van der Waals surface area contributed by atoms with Gasteiger partial charge in [0.25, 0.3) is 14.2 Å². The number of rotatable bonds is 17. The summed E-state index contributed by atoms with van der Waals surface area (Å²) in [6, 6.07) is 9.18. The summed E-state index contributed by atoms with van der Waals surface area (Å²) in [5.74, 6) is 0. The SMILES string of the molecule is CC(C)N(C(C)C)P(OCCC#N)OCCCCC(Cl)COCc1ccccc1[N+](=O)[O-]. The molecule has 0 aromatic heterocycles. The van der Waals surface area contributed by atoms with Crippen molar-refractivity contribution in [1.82, 2.24) is 4.67 Å². The van der Waals surface area contributed by atoms with E-state index in [0.717, 1.165) is 19.3 Å². The van der Waals surface area contributed by atoms with E-state index in [1.54, 1.807) is 18.2 Å². The molecule has 0 aliphatic rings. The summed E-state index contributed by atoms with van der Waals surface area (Å²) >= 11 is 6.35. The molecule has 0 heterocycles. The molecular weight excluding hydrogens is 453 g/mol. The van der Waals surface area contributed by atoms with Gasteiger partial charge in [-0.3, -0.25) is 10.1 Å². The number of hydrogen-bond acceptors (Lipinski definition) is 7. The van der Waals surface area contributed by atoms with Crippen LogP contribution in [0.3, 0.4) is 0 Å². The van der Waals surface area contributed by atoms with E-state index in [1.165, 1.54) is 6.07 Å². The maximum Gasteiger partial charge on any atom is 0.274 e. The first kappa shape index (κ1) is 28.7. The van der Waals surface area contributed by atoms with Gasteiger partial charge in [-0.15, -0.1) is 11.6 Å². The van der Waals surface area contributed by atoms with Crippen LogP contribution >= 0.6 is 20.1 Å². The Kier molecular flexibility index (Phi) is 14.6. The lowest BCUT2D eigenvalue weighted by atomic mass is 10.2. The topological polar surface area (TPSA) is 97.9 Å². The first-order valence-electron chi connectivity index (χ1n) is 10.9. The van der Waals surface area contributed by atoms with Gasteiger partial charge in [0.05, 0.1) is 54.8 Å². The van der Waals surface area contributed by atoms with Crippen LogP contribution in [-0.2, 0) is 20.4 Å². The molecule has 0 fully saturated rings. The fourth-order valence-corrected chi connectivity index (χ4v) is 4.99. The van der Waals surface area contributed by atoms with Crippen molar-refractivity contribution < 1.29 is 18.7 Å². The first-order chi connectivity index (χ1) is 15.3. The largest absolute Gasteiger partial charge is 0.375 e. The summed E-state index contributed by atoms with van der Waals surface area (Å²) in [7, 11) is -1.22. The lowest BCUT2D eigenvalue weighted by Gasteiger charge is -2.35. The maximum atomic E-state index is 11.0. The van der Waals surface area contributed by atoms with Gasteiger partial charge in [-0.1, -0.05) is 12.1 Å². The molecule has 1 rings (SSSR count). The van der Waals surface area contributed by atoms with Gasteiger partial charge in [0, 0.05) is 18.2 Å². The number of ether oxygens (including phenoxy) is 1. The smallest absolute Gasteiger partial charge is 0.274 e. The van der Waals surface area contributed by atoms with E-state index >= 15 is 0 Å². The van der Waals surface area contributed by atoms with E-state index < -0.39 is 13.4 Å². The number of unbranched alkanes of at least 4 members (excludes halogenated alkanes) is 1. The molecule has 0 aliphatic carbocycles. The van der Waals surface area contributed by atoms with Crippen LogP contribution in [-0.4, -0.2) is 46.9 Å². The number of nitro groups is 1. The molecule has 2 unspecified atom stereocenters. The van der Waals surface area contributed by atoms with Crippen molar-refractivity contribution >= 4 is 25.8 Å². The molecule has 0 radical (unpaired) electrons. The zero-order valence-electron chi connectivity index (χ0n) is 19.4. The van der Waals surface area contributed by atoms with E-state index in [-0.39, 0.29) is 29.8 Å². The van der Waals surface area contributed by atoms with E-state index in [2.05, 4.69) is 38.4 Å². The lowest BCUT2D eigenvalue weighted by Crippen LogP contribution is -2.33. The van der Waals surface area contributed by atoms with Crippen molar-refractivity contribution in [2.75, 3.05) is 19.8 Å². The van der Waals surface area contributed by atoms with E-state index in [9.17, 15) is 10.1 Å². The summed E-state index contributed by atoms with van der Waals surface area (Å²) < 4.78 is 19.7. The van der Waals surface area contributed by atoms with Gasteiger partial charge in [0.15, 0.2) is 0 Å². The van der Waals surface area contributed by atoms with Gasteiger partial charge in [-0.25, -0.2) is 4.67 Å². The third-order valence-electron chi connectivity index (χ3n) is 4.52. The molecule has 0 saturated heterocycles. The van der Waals surface area contributed by atoms with Crippen molar-refractivity contribution in [3.63, 3.8) is 0 Å². The molecule has 10 heteroatoms. The van der Waals surface area contributed by atoms with Crippen LogP contribution in [0.2, 0.25) is 0 Å². The van der Waals surface area contributed by atoms with Crippen LogP contribution in [0.5, 0.6) is 0 Å². The van der Waals surface area contributed by atoms with E-state index in [0.29, 0.717) is 31.8 Å². The minimum atomic E-state index is -1.22. The van der Waals surface area contributed by atoms with E-state index in [4.69, 9.17) is 30.6 Å². The standard InChI is InChI=1S/C22H35ClN3O5P/c1-18(2)25(19(3)4)32(31-15-9-13-24)30-14-8-7-11-21(23)17-29-16-20-10-5-6-12-22(20)26(27)28/h5-6,10,12,18-19,21H,7-9,11,14-17H2,1-4H3. The van der Waals surface area contributed by atoms with Crippen molar-refractivity contribution in [2.45, 2.75) is 77.4 Å². The van der Waals surface area contributed by atoms with Gasteiger partial charge in [-0.05, 0) is 53.0 Å². The van der Waals surface area contributed by atoms with E-state index in [1.807, 2.05) is 0 Å². The number of halogens is 1. The van der Waals surface area contributed by atoms with Gasteiger partial charge in [-0.2, -0.15) is 5.26 Å². The molecule has 0 saturated carbocycles. The molecule has 0 spiro atoms. The number of benzene rings is 1. The van der Waals surface area contributed by atoms with Crippen molar-refractivity contribution in [3.8, 4) is 6.07 Å². The molecule has 0 bridgehead atoms. The van der Waals surface area contributed by atoms with Gasteiger partial charge >= 0.3 is 0 Å². The van der Waals surface area contributed by atoms with Crippen molar-refractivity contribution in [1.29, 1.82) is 5.26 Å². The minimum absolute atomic E-state index is 0.0566. The molecule has 32 heavy (non-hydrogen) atoms. The molecule has 2 atom stereocenters. The molecule has 0 aliphatic heterocycles. The normalized spacial score (nSPS) is 13.5. The van der Waals surface area contributed by atoms with Crippen molar-refractivity contribution in [2.24, 2.45) is 0 Å². The van der Waals surface area contributed by atoms with Crippen LogP contribution in [0.1, 0.15) is 58.9 Å². The number of nitriles is 1. The number of para-hydroxylation sites is 1. The number of hydrogen-bond donors (Lipinski definition) is 0. The van der Waals surface area contributed by atoms with Crippen LogP contribution in [0.25, 0.3) is 0 Å². The maximum absolute atomic E-state index is 11.0. The predicted octanol–water partition coefficient (Wildman–Crippen LogP) is 6.18. The van der Waals surface area contributed by atoms with Gasteiger partial charge < -0.3 is 13.8 Å². The Balaban J connectivity index is 2.34. The molecule has 1 aromatic carbocycles. The highest BCUT2D eigenvalue weighted by Gasteiger charge is 2.26. The summed E-state index contributed by atoms with van der Waals surface area (Å²) in [4.78, 5) is 10.6. The number of alkyl halides is 1. The fourth-order valence-electron chi connectivity index (χ4n) is 3.12. The monoisotopic (exact) mass is 487 g/mol. The predicted molar refractivity (Wildman–Crippen MR) is 127 cm³/mol. The molecule has 8 nitrogen and oxygen atoms in total. The summed E-state index contributed by atoms with van der Waals surface area (Å²) in [6.45, 7) is 9.82. The number of nitrogens with zero attached hydrogens (tertiary/aromatic N) is 3.